The average Bonchev–Trinajstić information content (AvgIpc) is 2.35. The highest BCUT2D eigenvalue weighted by Gasteiger charge is 2.33. The summed E-state index contributed by atoms with van der Waals surface area (Å²) in [4.78, 5) is 0. The van der Waals surface area contributed by atoms with Crippen LogP contribution in [0.25, 0.3) is 0 Å². The van der Waals surface area contributed by atoms with E-state index in [9.17, 15) is 4.39 Å². The maximum Gasteiger partial charge on any atom is 0.123 e. The third-order valence-corrected chi connectivity index (χ3v) is 5.11. The lowest BCUT2D eigenvalue weighted by molar-refractivity contribution is 0.168. The van der Waals surface area contributed by atoms with Crippen LogP contribution in [0.5, 0.6) is 0 Å². The highest BCUT2D eigenvalue weighted by molar-refractivity contribution is 9.10. The van der Waals surface area contributed by atoms with Crippen LogP contribution >= 0.6 is 15.9 Å². The molecular weight excluding hydrogens is 293 g/mol. The molecule has 0 aromatic heterocycles. The maximum absolute atomic E-state index is 13.3. The van der Waals surface area contributed by atoms with Gasteiger partial charge in [-0.05, 0) is 48.4 Å². The monoisotopic (exact) mass is 313 g/mol. The third-order valence-electron chi connectivity index (χ3n) is 4.34. The Morgan fingerprint density at radius 3 is 2.67 bits per heavy atom. The summed E-state index contributed by atoms with van der Waals surface area (Å²) in [5.41, 5.74) is 7.58. The lowest BCUT2D eigenvalue weighted by Crippen LogP contribution is -2.42. The van der Waals surface area contributed by atoms with Crippen molar-refractivity contribution in [2.75, 3.05) is 0 Å². The van der Waals surface area contributed by atoms with Crippen LogP contribution < -0.4 is 5.73 Å². The first-order chi connectivity index (χ1) is 8.51. The molecule has 1 unspecified atom stereocenters. The minimum atomic E-state index is -0.186. The van der Waals surface area contributed by atoms with E-state index in [0.29, 0.717) is 0 Å². The largest absolute Gasteiger partial charge is 0.327 e. The Kier molecular flexibility index (Phi) is 4.44. The molecule has 0 spiro atoms. The fourth-order valence-electron chi connectivity index (χ4n) is 2.91. The first-order valence-corrected chi connectivity index (χ1v) is 7.50. The van der Waals surface area contributed by atoms with Crippen LogP contribution in [0.3, 0.4) is 0 Å². The third kappa shape index (κ3) is 3.12. The summed E-state index contributed by atoms with van der Waals surface area (Å²) in [7, 11) is 0. The van der Waals surface area contributed by atoms with E-state index in [4.69, 9.17) is 5.73 Å². The molecule has 3 heteroatoms. The van der Waals surface area contributed by atoms with Crippen molar-refractivity contribution in [3.05, 3.63) is 34.1 Å². The summed E-state index contributed by atoms with van der Waals surface area (Å²) >= 11 is 3.48. The van der Waals surface area contributed by atoms with Crippen molar-refractivity contribution in [2.24, 2.45) is 11.1 Å². The van der Waals surface area contributed by atoms with E-state index < -0.39 is 0 Å². The molecule has 100 valence electrons. The molecule has 1 aromatic rings. The van der Waals surface area contributed by atoms with Gasteiger partial charge < -0.3 is 5.73 Å². The van der Waals surface area contributed by atoms with E-state index in [0.717, 1.165) is 16.5 Å². The molecule has 0 radical (unpaired) electrons. The summed E-state index contributed by atoms with van der Waals surface area (Å²) in [6, 6.07) is 4.94. The van der Waals surface area contributed by atoms with Crippen LogP contribution in [0, 0.1) is 11.2 Å². The summed E-state index contributed by atoms with van der Waals surface area (Å²) in [6.45, 7) is 2.28. The van der Waals surface area contributed by atoms with Crippen LogP contribution in [-0.4, -0.2) is 6.04 Å². The van der Waals surface area contributed by atoms with Crippen LogP contribution in [0.2, 0.25) is 0 Å². The van der Waals surface area contributed by atoms with Crippen molar-refractivity contribution in [3.63, 3.8) is 0 Å². The molecule has 1 aromatic carbocycles. The number of halogens is 2. The zero-order valence-corrected chi connectivity index (χ0v) is 12.5. The van der Waals surface area contributed by atoms with E-state index in [1.54, 1.807) is 12.1 Å². The van der Waals surface area contributed by atoms with Crippen molar-refractivity contribution in [2.45, 2.75) is 51.5 Å². The Morgan fingerprint density at radius 1 is 1.33 bits per heavy atom. The van der Waals surface area contributed by atoms with Gasteiger partial charge >= 0.3 is 0 Å². The van der Waals surface area contributed by atoms with Crippen molar-refractivity contribution in [3.8, 4) is 0 Å². The Hall–Kier alpha value is -0.410. The molecular formula is C15H21BrFN. The Bertz CT molecular complexity index is 413. The Morgan fingerprint density at radius 2 is 2.00 bits per heavy atom. The summed E-state index contributed by atoms with van der Waals surface area (Å²) < 4.78 is 14.2. The van der Waals surface area contributed by atoms with Crippen LogP contribution in [0.15, 0.2) is 22.7 Å². The standard InChI is InChI=1S/C15H21BrFN/c1-15(7-3-2-4-8-15)14(18)10-11-9-12(17)5-6-13(11)16/h5-6,9,14H,2-4,7-8,10,18H2,1H3. The molecule has 0 aliphatic heterocycles. The van der Waals surface area contributed by atoms with Gasteiger partial charge in [0.25, 0.3) is 0 Å². The summed E-state index contributed by atoms with van der Waals surface area (Å²) in [5.74, 6) is -0.186. The molecule has 1 fully saturated rings. The molecule has 0 amide bonds. The van der Waals surface area contributed by atoms with Gasteiger partial charge in [0.15, 0.2) is 0 Å². The second-order valence-corrected chi connectivity index (χ2v) is 6.62. The predicted molar refractivity (Wildman–Crippen MR) is 77.0 cm³/mol. The molecule has 18 heavy (non-hydrogen) atoms. The van der Waals surface area contributed by atoms with Crippen LogP contribution in [-0.2, 0) is 6.42 Å². The normalized spacial score (nSPS) is 20.7. The van der Waals surface area contributed by atoms with E-state index in [1.165, 1.54) is 38.2 Å². The predicted octanol–water partition coefficient (Wildman–Crippen LogP) is 4.43. The van der Waals surface area contributed by atoms with Crippen molar-refractivity contribution in [1.82, 2.24) is 0 Å². The van der Waals surface area contributed by atoms with Gasteiger partial charge in [0.1, 0.15) is 5.82 Å². The average molecular weight is 314 g/mol. The lowest BCUT2D eigenvalue weighted by atomic mass is 9.69. The van der Waals surface area contributed by atoms with Gasteiger partial charge in [0.2, 0.25) is 0 Å². The van der Waals surface area contributed by atoms with E-state index in [-0.39, 0.29) is 17.3 Å². The van der Waals surface area contributed by atoms with Gasteiger partial charge in [0.05, 0.1) is 0 Å². The van der Waals surface area contributed by atoms with Crippen LogP contribution in [0.1, 0.15) is 44.6 Å². The first kappa shape index (κ1) is 14.0. The van der Waals surface area contributed by atoms with Gasteiger partial charge in [-0.1, -0.05) is 42.1 Å². The smallest absolute Gasteiger partial charge is 0.123 e. The molecule has 0 heterocycles. The van der Waals surface area contributed by atoms with E-state index in [1.807, 2.05) is 0 Å². The summed E-state index contributed by atoms with van der Waals surface area (Å²) in [5, 5.41) is 0. The zero-order valence-electron chi connectivity index (χ0n) is 10.9. The van der Waals surface area contributed by atoms with Crippen LogP contribution in [0.4, 0.5) is 4.39 Å². The Balaban J connectivity index is 2.10. The minimum absolute atomic E-state index is 0.107. The SMILES string of the molecule is CC1(C(N)Cc2cc(F)ccc2Br)CCCCC1. The van der Waals surface area contributed by atoms with Gasteiger partial charge in [0, 0.05) is 10.5 Å². The number of hydrogen-bond donors (Lipinski definition) is 1. The molecule has 0 bridgehead atoms. The molecule has 2 N–H and O–H groups in total. The second-order valence-electron chi connectivity index (χ2n) is 5.76. The quantitative estimate of drug-likeness (QED) is 0.877. The van der Waals surface area contributed by atoms with Gasteiger partial charge in [-0.25, -0.2) is 4.39 Å². The summed E-state index contributed by atoms with van der Waals surface area (Å²) in [6.07, 6.45) is 7.01. The molecule has 1 nitrogen and oxygen atoms in total. The number of nitrogens with two attached hydrogens (primary N) is 1. The topological polar surface area (TPSA) is 26.0 Å². The lowest BCUT2D eigenvalue weighted by Gasteiger charge is -2.39. The molecule has 2 rings (SSSR count). The highest BCUT2D eigenvalue weighted by Crippen LogP contribution is 2.39. The van der Waals surface area contributed by atoms with Crippen molar-refractivity contribution >= 4 is 15.9 Å². The van der Waals surface area contributed by atoms with Crippen molar-refractivity contribution in [1.29, 1.82) is 0 Å². The second kappa shape index (κ2) is 5.70. The van der Waals surface area contributed by atoms with E-state index in [2.05, 4.69) is 22.9 Å². The first-order valence-electron chi connectivity index (χ1n) is 6.71. The molecule has 1 atom stereocenters. The highest BCUT2D eigenvalue weighted by atomic mass is 79.9. The van der Waals surface area contributed by atoms with Gasteiger partial charge in [-0.3, -0.25) is 0 Å². The number of rotatable bonds is 3. The molecule has 1 saturated carbocycles. The Labute approximate surface area is 117 Å². The van der Waals surface area contributed by atoms with Gasteiger partial charge in [-0.15, -0.1) is 0 Å². The van der Waals surface area contributed by atoms with E-state index >= 15 is 0 Å². The maximum atomic E-state index is 13.3. The number of hydrogen-bond acceptors (Lipinski definition) is 1. The van der Waals surface area contributed by atoms with Crippen molar-refractivity contribution < 1.29 is 4.39 Å². The minimum Gasteiger partial charge on any atom is -0.327 e. The molecule has 0 saturated heterocycles. The molecule has 1 aliphatic rings. The molecule has 1 aliphatic carbocycles. The fourth-order valence-corrected chi connectivity index (χ4v) is 3.32. The fraction of sp³-hybridized carbons (Fsp3) is 0.600. The van der Waals surface area contributed by atoms with Gasteiger partial charge in [-0.2, -0.15) is 0 Å². The zero-order chi connectivity index (χ0) is 13.2. The number of benzene rings is 1.